The molecule has 22 heavy (non-hydrogen) atoms. The Morgan fingerprint density at radius 2 is 2.23 bits per heavy atom. The van der Waals surface area contributed by atoms with E-state index in [9.17, 15) is 5.11 Å². The Bertz CT molecular complexity index is 493. The fourth-order valence-electron chi connectivity index (χ4n) is 2.80. The molecule has 2 atom stereocenters. The molecule has 3 N–H and O–H groups in total. The zero-order valence-corrected chi connectivity index (χ0v) is 13.9. The van der Waals surface area contributed by atoms with Crippen molar-refractivity contribution in [2.75, 3.05) is 19.6 Å². The van der Waals surface area contributed by atoms with E-state index in [0.29, 0.717) is 12.5 Å². The van der Waals surface area contributed by atoms with Crippen LogP contribution in [0, 0.1) is 5.92 Å². The molecule has 1 aromatic carbocycles. The van der Waals surface area contributed by atoms with Gasteiger partial charge in [0.2, 0.25) is 0 Å². The lowest BCUT2D eigenvalue weighted by Crippen LogP contribution is -2.39. The standard InChI is InChI=1S/C17H26ClN3O/c1-2-19-17(21-12-14-6-4-8-16(14)22)20-10-9-13-5-3-7-15(18)11-13/h3,5,7,11,14,16,22H,2,4,6,8-10,12H2,1H3,(H2,19,20,21). The number of rotatable bonds is 6. The van der Waals surface area contributed by atoms with Gasteiger partial charge in [-0.3, -0.25) is 4.99 Å². The van der Waals surface area contributed by atoms with E-state index in [0.717, 1.165) is 49.8 Å². The lowest BCUT2D eigenvalue weighted by atomic mass is 10.1. The van der Waals surface area contributed by atoms with Crippen LogP contribution in [0.25, 0.3) is 0 Å². The van der Waals surface area contributed by atoms with Crippen molar-refractivity contribution in [3.63, 3.8) is 0 Å². The summed E-state index contributed by atoms with van der Waals surface area (Å²) in [6, 6.07) is 7.92. The van der Waals surface area contributed by atoms with E-state index in [-0.39, 0.29) is 6.10 Å². The summed E-state index contributed by atoms with van der Waals surface area (Å²) in [4.78, 5) is 4.60. The first-order valence-electron chi connectivity index (χ1n) is 8.13. The van der Waals surface area contributed by atoms with Crippen LogP contribution in [0.15, 0.2) is 29.3 Å². The Kier molecular flexibility index (Phi) is 7.00. The Balaban J connectivity index is 1.80. The molecule has 1 fully saturated rings. The number of hydrogen-bond donors (Lipinski definition) is 3. The summed E-state index contributed by atoms with van der Waals surface area (Å²) in [6.07, 6.45) is 3.82. The summed E-state index contributed by atoms with van der Waals surface area (Å²) in [7, 11) is 0. The molecule has 4 nitrogen and oxygen atoms in total. The normalized spacial score (nSPS) is 21.9. The molecule has 0 aromatic heterocycles. The van der Waals surface area contributed by atoms with Crippen molar-refractivity contribution in [3.8, 4) is 0 Å². The molecule has 0 amide bonds. The summed E-state index contributed by atoms with van der Waals surface area (Å²) in [5, 5.41) is 17.2. The molecule has 1 aromatic rings. The SMILES string of the molecule is CCNC(=NCC1CCCC1O)NCCc1cccc(Cl)c1. The zero-order valence-electron chi connectivity index (χ0n) is 13.2. The minimum Gasteiger partial charge on any atom is -0.393 e. The number of halogens is 1. The van der Waals surface area contributed by atoms with Crippen LogP contribution in [0.3, 0.4) is 0 Å². The molecular formula is C17H26ClN3O. The van der Waals surface area contributed by atoms with E-state index in [4.69, 9.17) is 11.6 Å². The molecule has 0 aliphatic heterocycles. The summed E-state index contributed by atoms with van der Waals surface area (Å²) < 4.78 is 0. The molecule has 2 rings (SSSR count). The van der Waals surface area contributed by atoms with Crippen molar-refractivity contribution in [2.24, 2.45) is 10.9 Å². The smallest absolute Gasteiger partial charge is 0.191 e. The summed E-state index contributed by atoms with van der Waals surface area (Å²) >= 11 is 5.99. The monoisotopic (exact) mass is 323 g/mol. The third kappa shape index (κ3) is 5.50. The van der Waals surface area contributed by atoms with Gasteiger partial charge < -0.3 is 15.7 Å². The van der Waals surface area contributed by atoms with Crippen molar-refractivity contribution < 1.29 is 5.11 Å². The van der Waals surface area contributed by atoms with E-state index in [1.54, 1.807) is 0 Å². The Morgan fingerprint density at radius 3 is 2.91 bits per heavy atom. The number of guanidine groups is 1. The second kappa shape index (κ2) is 9.01. The largest absolute Gasteiger partial charge is 0.393 e. The average Bonchev–Trinajstić information content (AvgIpc) is 2.90. The number of nitrogens with zero attached hydrogens (tertiary/aromatic N) is 1. The first-order chi connectivity index (χ1) is 10.7. The van der Waals surface area contributed by atoms with Gasteiger partial charge in [-0.15, -0.1) is 0 Å². The van der Waals surface area contributed by atoms with Crippen molar-refractivity contribution in [3.05, 3.63) is 34.9 Å². The maximum atomic E-state index is 9.86. The van der Waals surface area contributed by atoms with Crippen LogP contribution in [0.2, 0.25) is 5.02 Å². The summed E-state index contributed by atoms with van der Waals surface area (Å²) in [6.45, 7) is 4.38. The van der Waals surface area contributed by atoms with Gasteiger partial charge in [-0.05, 0) is 43.9 Å². The van der Waals surface area contributed by atoms with E-state index in [1.165, 1.54) is 5.56 Å². The van der Waals surface area contributed by atoms with Crippen LogP contribution in [-0.2, 0) is 6.42 Å². The van der Waals surface area contributed by atoms with E-state index in [2.05, 4.69) is 28.6 Å². The minimum absolute atomic E-state index is 0.182. The van der Waals surface area contributed by atoms with Crippen LogP contribution < -0.4 is 10.6 Å². The lowest BCUT2D eigenvalue weighted by molar-refractivity contribution is 0.136. The topological polar surface area (TPSA) is 56.7 Å². The molecule has 0 bridgehead atoms. The zero-order chi connectivity index (χ0) is 15.8. The Hall–Kier alpha value is -1.26. The van der Waals surface area contributed by atoms with E-state index >= 15 is 0 Å². The Labute approximate surface area is 138 Å². The first-order valence-corrected chi connectivity index (χ1v) is 8.51. The second-order valence-electron chi connectivity index (χ2n) is 5.78. The van der Waals surface area contributed by atoms with Gasteiger partial charge in [0.25, 0.3) is 0 Å². The first kappa shape index (κ1) is 17.1. The van der Waals surface area contributed by atoms with E-state index in [1.807, 2.05) is 18.2 Å². The molecular weight excluding hydrogens is 298 g/mol. The quantitative estimate of drug-likeness (QED) is 0.557. The minimum atomic E-state index is -0.182. The number of benzene rings is 1. The van der Waals surface area contributed by atoms with Crippen molar-refractivity contribution in [2.45, 2.75) is 38.7 Å². The predicted octanol–water partition coefficient (Wildman–Crippen LogP) is 2.60. The fourth-order valence-corrected chi connectivity index (χ4v) is 3.01. The molecule has 0 spiro atoms. The van der Waals surface area contributed by atoms with Gasteiger partial charge in [-0.1, -0.05) is 30.2 Å². The highest BCUT2D eigenvalue weighted by Crippen LogP contribution is 2.25. The predicted molar refractivity (Wildman–Crippen MR) is 92.5 cm³/mol. The highest BCUT2D eigenvalue weighted by Gasteiger charge is 2.24. The number of aliphatic hydroxyl groups is 1. The third-order valence-electron chi connectivity index (χ3n) is 4.04. The Morgan fingerprint density at radius 1 is 1.36 bits per heavy atom. The molecule has 1 aliphatic carbocycles. The van der Waals surface area contributed by atoms with Gasteiger partial charge in [0, 0.05) is 30.6 Å². The number of aliphatic hydroxyl groups excluding tert-OH is 1. The number of nitrogens with one attached hydrogen (secondary N) is 2. The van der Waals surface area contributed by atoms with Gasteiger partial charge >= 0.3 is 0 Å². The van der Waals surface area contributed by atoms with Crippen LogP contribution in [0.1, 0.15) is 31.7 Å². The van der Waals surface area contributed by atoms with Gasteiger partial charge in [0.1, 0.15) is 0 Å². The van der Waals surface area contributed by atoms with Crippen molar-refractivity contribution in [1.82, 2.24) is 10.6 Å². The average molecular weight is 324 g/mol. The molecule has 0 saturated heterocycles. The van der Waals surface area contributed by atoms with Crippen molar-refractivity contribution >= 4 is 17.6 Å². The van der Waals surface area contributed by atoms with Crippen molar-refractivity contribution in [1.29, 1.82) is 0 Å². The maximum absolute atomic E-state index is 9.86. The maximum Gasteiger partial charge on any atom is 0.191 e. The fraction of sp³-hybridized carbons (Fsp3) is 0.588. The third-order valence-corrected chi connectivity index (χ3v) is 4.28. The summed E-state index contributed by atoms with van der Waals surface area (Å²) in [5.41, 5.74) is 1.21. The highest BCUT2D eigenvalue weighted by atomic mass is 35.5. The second-order valence-corrected chi connectivity index (χ2v) is 6.22. The molecule has 1 aliphatic rings. The molecule has 2 unspecified atom stereocenters. The molecule has 1 saturated carbocycles. The van der Waals surface area contributed by atoms with E-state index < -0.39 is 0 Å². The summed E-state index contributed by atoms with van der Waals surface area (Å²) in [5.74, 6) is 1.13. The van der Waals surface area contributed by atoms with Crippen LogP contribution >= 0.6 is 11.6 Å². The molecule has 5 heteroatoms. The highest BCUT2D eigenvalue weighted by molar-refractivity contribution is 6.30. The van der Waals surface area contributed by atoms with Gasteiger partial charge in [-0.25, -0.2) is 0 Å². The van der Waals surface area contributed by atoms with Gasteiger partial charge in [0.15, 0.2) is 5.96 Å². The molecule has 122 valence electrons. The lowest BCUT2D eigenvalue weighted by Gasteiger charge is -2.15. The number of hydrogen-bond acceptors (Lipinski definition) is 2. The molecule has 0 radical (unpaired) electrons. The van der Waals surface area contributed by atoms with Crippen LogP contribution in [-0.4, -0.2) is 36.8 Å². The van der Waals surface area contributed by atoms with Crippen LogP contribution in [0.5, 0.6) is 0 Å². The number of aliphatic imine (C=N–C) groups is 1. The van der Waals surface area contributed by atoms with Gasteiger partial charge in [-0.2, -0.15) is 0 Å². The van der Waals surface area contributed by atoms with Crippen LogP contribution in [0.4, 0.5) is 0 Å². The van der Waals surface area contributed by atoms with Gasteiger partial charge in [0.05, 0.1) is 6.10 Å². The molecule has 0 heterocycles.